The summed E-state index contributed by atoms with van der Waals surface area (Å²) in [6.45, 7) is 0.779. The summed E-state index contributed by atoms with van der Waals surface area (Å²) in [5.74, 6) is 0. The van der Waals surface area contributed by atoms with Crippen molar-refractivity contribution in [1.82, 2.24) is 0 Å². The minimum absolute atomic E-state index is 0.114. The fourth-order valence-electron chi connectivity index (χ4n) is 1.84. The average molecular weight is 268 g/mol. The van der Waals surface area contributed by atoms with Crippen molar-refractivity contribution in [3.05, 3.63) is 76.4 Å². The van der Waals surface area contributed by atoms with E-state index in [1.807, 2.05) is 37.4 Å². The summed E-state index contributed by atoms with van der Waals surface area (Å²) in [4.78, 5) is 12.3. The zero-order valence-corrected chi connectivity index (χ0v) is 11.3. The third-order valence-electron chi connectivity index (χ3n) is 2.99. The highest BCUT2D eigenvalue weighted by molar-refractivity contribution is 5.53. The Morgan fingerprint density at radius 1 is 1.10 bits per heavy atom. The molecule has 0 fully saturated rings. The normalized spacial score (nSPS) is 10.7. The van der Waals surface area contributed by atoms with Gasteiger partial charge in [0.2, 0.25) is 0 Å². The first-order valence-corrected chi connectivity index (χ1v) is 6.34. The molecule has 2 aromatic carbocycles. The molecule has 0 atom stereocenters. The van der Waals surface area contributed by atoms with E-state index in [0.717, 1.165) is 17.8 Å². The van der Waals surface area contributed by atoms with Gasteiger partial charge in [-0.2, -0.15) is 0 Å². The van der Waals surface area contributed by atoms with E-state index in [4.69, 9.17) is 0 Å². The molecular formula is C16H16N2O2. The highest BCUT2D eigenvalue weighted by Gasteiger charge is 2.02. The Hall–Kier alpha value is -2.62. The monoisotopic (exact) mass is 268 g/mol. The van der Waals surface area contributed by atoms with Gasteiger partial charge in [0, 0.05) is 31.4 Å². The summed E-state index contributed by atoms with van der Waals surface area (Å²) in [7, 11) is 2.02. The Morgan fingerprint density at radius 2 is 1.75 bits per heavy atom. The molecule has 0 unspecified atom stereocenters. The zero-order chi connectivity index (χ0) is 14.4. The first kappa shape index (κ1) is 13.8. The summed E-state index contributed by atoms with van der Waals surface area (Å²) in [5, 5.41) is 10.6. The molecular weight excluding hydrogens is 252 g/mol. The highest BCUT2D eigenvalue weighted by Crippen LogP contribution is 2.14. The van der Waals surface area contributed by atoms with Crippen molar-refractivity contribution in [3.8, 4) is 0 Å². The van der Waals surface area contributed by atoms with Gasteiger partial charge in [0.25, 0.3) is 5.69 Å². The topological polar surface area (TPSA) is 46.4 Å². The molecule has 0 saturated heterocycles. The molecule has 4 nitrogen and oxygen atoms in total. The van der Waals surface area contributed by atoms with E-state index in [-0.39, 0.29) is 5.69 Å². The number of para-hydroxylation sites is 1. The molecule has 2 rings (SSSR count). The number of likely N-dealkylation sites (N-methyl/N-ethyl adjacent to an activating group) is 1. The summed E-state index contributed by atoms with van der Waals surface area (Å²) >= 11 is 0. The molecule has 0 aromatic heterocycles. The van der Waals surface area contributed by atoms with Gasteiger partial charge in [-0.3, -0.25) is 10.1 Å². The molecule has 0 saturated carbocycles. The molecule has 0 aliphatic heterocycles. The molecule has 0 amide bonds. The second-order valence-electron chi connectivity index (χ2n) is 4.47. The second kappa shape index (κ2) is 6.52. The number of nitrogens with zero attached hydrogens (tertiary/aromatic N) is 2. The average Bonchev–Trinajstić information content (AvgIpc) is 2.48. The standard InChI is InChI=1S/C16H16N2O2/c1-17(15-7-3-2-4-8-15)13-5-6-14-9-11-16(12-10-14)18(19)20/h2-12H,13H2,1H3/b6-5+. The van der Waals surface area contributed by atoms with E-state index in [1.165, 1.54) is 12.1 Å². The van der Waals surface area contributed by atoms with Crippen molar-refractivity contribution in [2.45, 2.75) is 0 Å². The Bertz CT molecular complexity index is 592. The first-order valence-electron chi connectivity index (χ1n) is 6.34. The predicted molar refractivity (Wildman–Crippen MR) is 81.8 cm³/mol. The lowest BCUT2D eigenvalue weighted by molar-refractivity contribution is -0.384. The number of nitro benzene ring substituents is 1. The van der Waals surface area contributed by atoms with Crippen LogP contribution in [-0.4, -0.2) is 18.5 Å². The first-order chi connectivity index (χ1) is 9.66. The largest absolute Gasteiger partial charge is 0.371 e. The third-order valence-corrected chi connectivity index (χ3v) is 2.99. The van der Waals surface area contributed by atoms with Gasteiger partial charge in [-0.1, -0.05) is 30.4 Å². The van der Waals surface area contributed by atoms with Crippen LogP contribution >= 0.6 is 0 Å². The van der Waals surface area contributed by atoms with Gasteiger partial charge in [0.15, 0.2) is 0 Å². The lowest BCUT2D eigenvalue weighted by Crippen LogP contribution is -2.16. The molecule has 2 aromatic rings. The summed E-state index contributed by atoms with van der Waals surface area (Å²) in [6, 6.07) is 16.6. The molecule has 0 spiro atoms. The zero-order valence-electron chi connectivity index (χ0n) is 11.3. The van der Waals surface area contributed by atoms with E-state index in [9.17, 15) is 10.1 Å². The van der Waals surface area contributed by atoms with Crippen LogP contribution in [0.5, 0.6) is 0 Å². The summed E-state index contributed by atoms with van der Waals surface area (Å²) in [5.41, 5.74) is 2.22. The van der Waals surface area contributed by atoms with E-state index < -0.39 is 4.92 Å². The molecule has 0 bridgehead atoms. The quantitative estimate of drug-likeness (QED) is 0.613. The van der Waals surface area contributed by atoms with Gasteiger partial charge < -0.3 is 4.90 Å². The lowest BCUT2D eigenvalue weighted by atomic mass is 10.2. The van der Waals surface area contributed by atoms with Crippen LogP contribution in [0, 0.1) is 10.1 Å². The maximum atomic E-state index is 10.6. The maximum Gasteiger partial charge on any atom is 0.269 e. The van der Waals surface area contributed by atoms with Gasteiger partial charge >= 0.3 is 0 Å². The van der Waals surface area contributed by atoms with Gasteiger partial charge in [-0.25, -0.2) is 0 Å². The van der Waals surface area contributed by atoms with E-state index >= 15 is 0 Å². The van der Waals surface area contributed by atoms with Crippen LogP contribution in [0.1, 0.15) is 5.56 Å². The molecule has 0 heterocycles. The minimum Gasteiger partial charge on any atom is -0.371 e. The van der Waals surface area contributed by atoms with Crippen molar-refractivity contribution in [1.29, 1.82) is 0 Å². The number of anilines is 1. The fourth-order valence-corrected chi connectivity index (χ4v) is 1.84. The van der Waals surface area contributed by atoms with Crippen LogP contribution in [0.4, 0.5) is 11.4 Å². The van der Waals surface area contributed by atoms with Crippen LogP contribution in [-0.2, 0) is 0 Å². The lowest BCUT2D eigenvalue weighted by Gasteiger charge is -2.16. The minimum atomic E-state index is -0.392. The third kappa shape index (κ3) is 3.68. The number of rotatable bonds is 5. The van der Waals surface area contributed by atoms with Gasteiger partial charge in [0.05, 0.1) is 4.92 Å². The number of benzene rings is 2. The van der Waals surface area contributed by atoms with Crippen LogP contribution in [0.15, 0.2) is 60.7 Å². The molecule has 0 radical (unpaired) electrons. The Labute approximate surface area is 118 Å². The Balaban J connectivity index is 1.95. The number of nitro groups is 1. The van der Waals surface area contributed by atoms with Crippen molar-refractivity contribution >= 4 is 17.5 Å². The number of non-ortho nitro benzene ring substituents is 1. The molecule has 0 aliphatic rings. The van der Waals surface area contributed by atoms with Crippen LogP contribution in [0.3, 0.4) is 0 Å². The van der Waals surface area contributed by atoms with Crippen molar-refractivity contribution < 1.29 is 4.92 Å². The summed E-state index contributed by atoms with van der Waals surface area (Å²) in [6.07, 6.45) is 4.00. The molecule has 0 N–H and O–H groups in total. The second-order valence-corrected chi connectivity index (χ2v) is 4.47. The van der Waals surface area contributed by atoms with E-state index in [1.54, 1.807) is 12.1 Å². The molecule has 20 heavy (non-hydrogen) atoms. The highest BCUT2D eigenvalue weighted by atomic mass is 16.6. The number of hydrogen-bond donors (Lipinski definition) is 0. The fraction of sp³-hybridized carbons (Fsp3) is 0.125. The van der Waals surface area contributed by atoms with Crippen molar-refractivity contribution in [3.63, 3.8) is 0 Å². The number of hydrogen-bond acceptors (Lipinski definition) is 3. The SMILES string of the molecule is CN(C/C=C/c1ccc([N+](=O)[O-])cc1)c1ccccc1. The van der Waals surface area contributed by atoms with Gasteiger partial charge in [-0.15, -0.1) is 0 Å². The molecule has 4 heteroatoms. The van der Waals surface area contributed by atoms with Crippen LogP contribution in [0.25, 0.3) is 6.08 Å². The van der Waals surface area contributed by atoms with Crippen molar-refractivity contribution in [2.24, 2.45) is 0 Å². The van der Waals surface area contributed by atoms with Gasteiger partial charge in [-0.05, 0) is 29.8 Å². The Kier molecular flexibility index (Phi) is 4.50. The van der Waals surface area contributed by atoms with E-state index in [2.05, 4.69) is 17.0 Å². The maximum absolute atomic E-state index is 10.6. The van der Waals surface area contributed by atoms with Crippen LogP contribution < -0.4 is 4.90 Å². The predicted octanol–water partition coefficient (Wildman–Crippen LogP) is 3.74. The summed E-state index contributed by atoms with van der Waals surface area (Å²) < 4.78 is 0. The molecule has 102 valence electrons. The van der Waals surface area contributed by atoms with Crippen molar-refractivity contribution in [2.75, 3.05) is 18.5 Å². The van der Waals surface area contributed by atoms with Crippen LogP contribution in [0.2, 0.25) is 0 Å². The van der Waals surface area contributed by atoms with Gasteiger partial charge in [0.1, 0.15) is 0 Å². The Morgan fingerprint density at radius 3 is 2.35 bits per heavy atom. The van der Waals surface area contributed by atoms with E-state index in [0.29, 0.717) is 0 Å². The smallest absolute Gasteiger partial charge is 0.269 e. The molecule has 0 aliphatic carbocycles.